The number of hydrogen-bond donors (Lipinski definition) is 4. The quantitative estimate of drug-likeness (QED) is 0.471. The number of carbonyl (C=O) groups is 3. The van der Waals surface area contributed by atoms with Crippen molar-refractivity contribution in [2.45, 2.75) is 58.5 Å². The Morgan fingerprint density at radius 1 is 1.27 bits per heavy atom. The van der Waals surface area contributed by atoms with Gasteiger partial charge in [-0.05, 0) is 55.4 Å². The van der Waals surface area contributed by atoms with Crippen LogP contribution in [0.5, 0.6) is 0 Å². The molecule has 1 saturated heterocycles. The zero-order valence-corrected chi connectivity index (χ0v) is 19.9. The van der Waals surface area contributed by atoms with E-state index in [0.717, 1.165) is 17.3 Å². The molecule has 1 aliphatic heterocycles. The van der Waals surface area contributed by atoms with Gasteiger partial charge >= 0.3 is 0 Å². The number of amides is 3. The van der Waals surface area contributed by atoms with Crippen LogP contribution in [0.2, 0.25) is 5.02 Å². The number of nitrogens with zero attached hydrogens (tertiary/aromatic N) is 1. The van der Waals surface area contributed by atoms with Gasteiger partial charge in [-0.3, -0.25) is 14.4 Å². The van der Waals surface area contributed by atoms with E-state index in [1.807, 2.05) is 20.8 Å². The van der Waals surface area contributed by atoms with Crippen LogP contribution in [0, 0.1) is 22.7 Å². The van der Waals surface area contributed by atoms with Gasteiger partial charge in [0.05, 0.1) is 6.07 Å². The maximum atomic E-state index is 13.1. The third kappa shape index (κ3) is 6.72. The number of halogens is 1. The Morgan fingerprint density at radius 3 is 2.67 bits per heavy atom. The normalized spacial score (nSPS) is 17.8. The molecule has 4 N–H and O–H groups in total. The number of aromatic nitrogens is 1. The first-order valence-electron chi connectivity index (χ1n) is 11.1. The summed E-state index contributed by atoms with van der Waals surface area (Å²) >= 11 is 6.03. The molecule has 2 aromatic rings. The lowest BCUT2D eigenvalue weighted by Crippen LogP contribution is -2.51. The molecule has 9 heteroatoms. The van der Waals surface area contributed by atoms with Crippen LogP contribution >= 0.6 is 11.6 Å². The van der Waals surface area contributed by atoms with Gasteiger partial charge in [-0.2, -0.15) is 5.26 Å². The second-order valence-corrected chi connectivity index (χ2v) is 10.2. The summed E-state index contributed by atoms with van der Waals surface area (Å²) in [7, 11) is 0. The number of nitriles is 1. The van der Waals surface area contributed by atoms with E-state index in [-0.39, 0.29) is 17.2 Å². The maximum absolute atomic E-state index is 13.1. The van der Waals surface area contributed by atoms with E-state index in [1.165, 1.54) is 0 Å². The molecule has 2 heterocycles. The fourth-order valence-electron chi connectivity index (χ4n) is 4.01. The molecule has 0 aliphatic carbocycles. The minimum atomic E-state index is -0.821. The van der Waals surface area contributed by atoms with Crippen LogP contribution in [0.15, 0.2) is 24.3 Å². The Bertz CT molecular complexity index is 1080. The topological polar surface area (TPSA) is 127 Å². The molecule has 0 radical (unpaired) electrons. The summed E-state index contributed by atoms with van der Waals surface area (Å²) in [6.45, 7) is 6.58. The monoisotopic (exact) mass is 471 g/mol. The fourth-order valence-corrected chi connectivity index (χ4v) is 4.19. The highest BCUT2D eigenvalue weighted by atomic mass is 35.5. The minimum absolute atomic E-state index is 0.00416. The Morgan fingerprint density at radius 2 is 2.03 bits per heavy atom. The Kier molecular flexibility index (Phi) is 7.65. The zero-order valence-electron chi connectivity index (χ0n) is 19.1. The average molecular weight is 472 g/mol. The van der Waals surface area contributed by atoms with Gasteiger partial charge in [0.15, 0.2) is 0 Å². The number of H-pyrrole nitrogens is 1. The van der Waals surface area contributed by atoms with Crippen molar-refractivity contribution in [3.8, 4) is 6.07 Å². The number of aromatic amines is 1. The van der Waals surface area contributed by atoms with Gasteiger partial charge in [0.2, 0.25) is 11.8 Å². The highest BCUT2D eigenvalue weighted by Crippen LogP contribution is 2.23. The predicted molar refractivity (Wildman–Crippen MR) is 127 cm³/mol. The smallest absolute Gasteiger partial charge is 0.268 e. The minimum Gasteiger partial charge on any atom is -0.356 e. The largest absolute Gasteiger partial charge is 0.356 e. The third-order valence-electron chi connectivity index (χ3n) is 5.70. The number of hydrogen-bond acceptors (Lipinski definition) is 4. The summed E-state index contributed by atoms with van der Waals surface area (Å²) in [4.78, 5) is 40.8. The van der Waals surface area contributed by atoms with Crippen LogP contribution in [-0.2, 0) is 9.59 Å². The summed E-state index contributed by atoms with van der Waals surface area (Å²) in [5, 5.41) is 19.2. The molecule has 3 atom stereocenters. The van der Waals surface area contributed by atoms with E-state index in [1.54, 1.807) is 24.3 Å². The molecule has 0 saturated carbocycles. The van der Waals surface area contributed by atoms with Gasteiger partial charge in [-0.1, -0.05) is 32.4 Å². The van der Waals surface area contributed by atoms with E-state index < -0.39 is 23.9 Å². The lowest BCUT2D eigenvalue weighted by molar-refractivity contribution is -0.124. The molecule has 3 amide bonds. The van der Waals surface area contributed by atoms with Crippen molar-refractivity contribution in [2.75, 3.05) is 6.54 Å². The highest BCUT2D eigenvalue weighted by molar-refractivity contribution is 6.31. The van der Waals surface area contributed by atoms with Crippen molar-refractivity contribution < 1.29 is 14.4 Å². The molecule has 1 fully saturated rings. The molecule has 33 heavy (non-hydrogen) atoms. The average Bonchev–Trinajstić information content (AvgIpc) is 3.34. The number of carbonyl (C=O) groups excluding carboxylic acids is 3. The molecule has 3 rings (SSSR count). The maximum Gasteiger partial charge on any atom is 0.268 e. The third-order valence-corrected chi connectivity index (χ3v) is 5.94. The van der Waals surface area contributed by atoms with Crippen LogP contribution in [0.25, 0.3) is 10.9 Å². The summed E-state index contributed by atoms with van der Waals surface area (Å²) in [6.07, 6.45) is 2.03. The van der Waals surface area contributed by atoms with E-state index in [2.05, 4.69) is 27.0 Å². The van der Waals surface area contributed by atoms with Crippen molar-refractivity contribution >= 4 is 40.2 Å². The number of rotatable bonds is 8. The number of nitrogens with one attached hydrogen (secondary N) is 4. The van der Waals surface area contributed by atoms with Crippen molar-refractivity contribution in [1.82, 2.24) is 20.9 Å². The lowest BCUT2D eigenvalue weighted by Gasteiger charge is -2.27. The molecule has 1 aliphatic rings. The summed E-state index contributed by atoms with van der Waals surface area (Å²) < 4.78 is 0. The van der Waals surface area contributed by atoms with Gasteiger partial charge in [0.25, 0.3) is 5.91 Å². The first-order chi connectivity index (χ1) is 15.6. The van der Waals surface area contributed by atoms with Crippen LogP contribution in [0.1, 0.15) is 56.9 Å². The lowest BCUT2D eigenvalue weighted by atomic mass is 9.87. The van der Waals surface area contributed by atoms with E-state index >= 15 is 0 Å². The van der Waals surface area contributed by atoms with Gasteiger partial charge in [-0.25, -0.2) is 0 Å². The molecule has 0 spiro atoms. The molecule has 176 valence electrons. The predicted octanol–water partition coefficient (Wildman–Crippen LogP) is 3.28. The van der Waals surface area contributed by atoms with Gasteiger partial charge in [0, 0.05) is 28.4 Å². The standard InChI is InChI=1S/C24H30ClN5O3/c1-24(2,3)12-20(23(33)28-17(13-26)6-4-14-8-9-27-21(14)31)30-22(32)19-11-15-10-16(25)5-7-18(15)29-19/h5,7,10-11,14,17,20,29H,4,6,8-9,12H2,1-3H3,(H,27,31)(H,28,33)(H,30,32)/t14-,17+,20+/m1/s1. The van der Waals surface area contributed by atoms with Crippen molar-refractivity contribution in [3.63, 3.8) is 0 Å². The van der Waals surface area contributed by atoms with Gasteiger partial charge in [0.1, 0.15) is 17.8 Å². The SMILES string of the molecule is CC(C)(C)C[C@H](NC(=O)c1cc2cc(Cl)ccc2[nH]1)C(=O)N[C@H](C#N)CC[C@@H]1CCNC1=O. The van der Waals surface area contributed by atoms with Crippen LogP contribution in [-0.4, -0.2) is 41.3 Å². The molecule has 0 bridgehead atoms. The molecule has 8 nitrogen and oxygen atoms in total. The summed E-state index contributed by atoms with van der Waals surface area (Å²) in [5.41, 5.74) is 0.845. The summed E-state index contributed by atoms with van der Waals surface area (Å²) in [5.74, 6) is -0.962. The van der Waals surface area contributed by atoms with Crippen LogP contribution in [0.4, 0.5) is 0 Å². The Hall–Kier alpha value is -3.05. The fraction of sp³-hybridized carbons (Fsp3) is 0.500. The zero-order chi connectivity index (χ0) is 24.2. The van der Waals surface area contributed by atoms with E-state index in [4.69, 9.17) is 11.6 Å². The summed E-state index contributed by atoms with van der Waals surface area (Å²) in [6, 6.07) is 7.51. The molecular weight excluding hydrogens is 442 g/mol. The van der Waals surface area contributed by atoms with Crippen molar-refractivity contribution in [2.24, 2.45) is 11.3 Å². The van der Waals surface area contributed by atoms with Gasteiger partial charge < -0.3 is 20.9 Å². The molecular formula is C24H30ClN5O3. The van der Waals surface area contributed by atoms with Crippen molar-refractivity contribution in [1.29, 1.82) is 5.26 Å². The first kappa shape index (κ1) is 24.6. The highest BCUT2D eigenvalue weighted by Gasteiger charge is 2.30. The molecule has 1 aromatic heterocycles. The van der Waals surface area contributed by atoms with Gasteiger partial charge in [-0.15, -0.1) is 0 Å². The van der Waals surface area contributed by atoms with E-state index in [0.29, 0.717) is 36.5 Å². The molecule has 0 unspecified atom stereocenters. The van der Waals surface area contributed by atoms with E-state index in [9.17, 15) is 19.6 Å². The number of benzene rings is 1. The Balaban J connectivity index is 1.68. The molecule has 1 aromatic carbocycles. The second kappa shape index (κ2) is 10.3. The van der Waals surface area contributed by atoms with Crippen LogP contribution in [0.3, 0.4) is 0 Å². The number of fused-ring (bicyclic) bond motifs is 1. The van der Waals surface area contributed by atoms with Crippen LogP contribution < -0.4 is 16.0 Å². The van der Waals surface area contributed by atoms with Crippen molar-refractivity contribution in [3.05, 3.63) is 35.0 Å². The first-order valence-corrected chi connectivity index (χ1v) is 11.5. The Labute approximate surface area is 198 Å². The second-order valence-electron chi connectivity index (χ2n) is 9.75.